The maximum atomic E-state index is 15.4. The molecule has 0 radical (unpaired) electrons. The molecular weight excluding hydrogens is 771 g/mol. The number of ketones is 1. The van der Waals surface area contributed by atoms with Gasteiger partial charge < -0.3 is 34.1 Å². The predicted octanol–water partition coefficient (Wildman–Crippen LogP) is 5.65. The highest BCUT2D eigenvalue weighted by Crippen LogP contribution is 2.62. The first-order valence-electron chi connectivity index (χ1n) is 20.3. The van der Waals surface area contributed by atoms with Crippen molar-refractivity contribution >= 4 is 35.6 Å². The summed E-state index contributed by atoms with van der Waals surface area (Å²) in [7, 11) is 0. The van der Waals surface area contributed by atoms with Crippen LogP contribution >= 0.6 is 0 Å². The molecule has 3 fully saturated rings. The van der Waals surface area contributed by atoms with Crippen molar-refractivity contribution in [2.24, 2.45) is 23.2 Å². The Morgan fingerprint density at radius 1 is 0.850 bits per heavy atom. The second kappa shape index (κ2) is 16.4. The van der Waals surface area contributed by atoms with Crippen molar-refractivity contribution in [2.45, 2.75) is 102 Å². The highest BCUT2D eigenvalue weighted by molar-refractivity contribution is 5.96. The average molecular weight is 822 g/mol. The summed E-state index contributed by atoms with van der Waals surface area (Å²) >= 11 is 0. The maximum absolute atomic E-state index is 15.4. The molecule has 60 heavy (non-hydrogen) atoms. The van der Waals surface area contributed by atoms with E-state index in [0.29, 0.717) is 16.7 Å². The minimum absolute atomic E-state index is 0.154. The van der Waals surface area contributed by atoms with Crippen LogP contribution in [0.15, 0.2) is 102 Å². The largest absolute Gasteiger partial charge is 0.457 e. The van der Waals surface area contributed by atoms with Crippen molar-refractivity contribution in [1.29, 1.82) is 0 Å². The van der Waals surface area contributed by atoms with Gasteiger partial charge in [0.15, 0.2) is 17.5 Å². The summed E-state index contributed by atoms with van der Waals surface area (Å²) in [5.74, 6) is -6.65. The number of ether oxygens (including phenoxy) is 5. The highest BCUT2D eigenvalue weighted by Gasteiger charge is 2.75. The number of Topliss-reactive ketones (excluding diaryl/α,β-unsaturated/α-hetero) is 1. The van der Waals surface area contributed by atoms with Gasteiger partial charge in [-0.2, -0.15) is 0 Å². The maximum Gasteiger partial charge on any atom is 0.338 e. The number of amides is 1. The number of hydrogen-bond donors (Lipinski definition) is 2. The zero-order valence-electron chi connectivity index (χ0n) is 34.5. The van der Waals surface area contributed by atoms with E-state index in [-0.39, 0.29) is 37.0 Å². The molecule has 7 rings (SSSR count). The monoisotopic (exact) mass is 821 g/mol. The molecule has 2 bridgehead atoms. The Balaban J connectivity index is 1.34. The van der Waals surface area contributed by atoms with E-state index >= 15 is 4.79 Å². The SMILES string of the molecule is CC(=O)O[C@H]1C(=O)[C@@]2(C)C([C@H](OC(=O)c3ccccc3)[C@@]3(O)CC1=C(C)[C@@H](OC(=O)[C@H](C)[C@@H](NC(=O)c1ccccc1)c1ccccc1)C3)[C@]1(OC(C)=O)CO[C@@H]1C[C@@H]2C. The third-order valence-corrected chi connectivity index (χ3v) is 13.2. The Morgan fingerprint density at radius 3 is 2.02 bits per heavy atom. The van der Waals surface area contributed by atoms with E-state index in [1.807, 2.05) is 13.0 Å². The molecular formula is C47H51NO12. The van der Waals surface area contributed by atoms with Crippen molar-refractivity contribution in [3.63, 3.8) is 0 Å². The summed E-state index contributed by atoms with van der Waals surface area (Å²) in [6.07, 6.45) is -5.40. The summed E-state index contributed by atoms with van der Waals surface area (Å²) in [5.41, 5.74) is -3.38. The minimum atomic E-state index is -2.09. The first-order valence-corrected chi connectivity index (χ1v) is 20.3. The number of carbonyl (C=O) groups is 6. The van der Waals surface area contributed by atoms with Gasteiger partial charge in [-0.1, -0.05) is 80.6 Å². The van der Waals surface area contributed by atoms with E-state index in [4.69, 9.17) is 23.7 Å². The topological polar surface area (TPSA) is 181 Å². The second-order valence-corrected chi connectivity index (χ2v) is 16.9. The Labute approximate surface area is 348 Å². The molecule has 3 aromatic rings. The summed E-state index contributed by atoms with van der Waals surface area (Å²) in [6, 6.07) is 24.8. The van der Waals surface area contributed by atoms with Crippen LogP contribution in [0, 0.1) is 23.2 Å². The standard InChI is InChI=1S/C47H51NO12/c1-26-22-36-47(25-56-36,60-30(5)50)39-41(59-44(54)33-20-14-9-15-21-33)46(55)23-34(38(57-29(4)49)40(51)45(26,39)6)27(2)35(24-46)58-43(53)28(3)37(31-16-10-7-11-17-31)48-42(52)32-18-12-8-13-19-32/h7-21,26,28,35-39,41,55H,22-25H2,1-6H3,(H,48,52)/t26-,28+,35-,36+,37+,38+,39?,41-,45+,46+,47-/m0/s1. The van der Waals surface area contributed by atoms with Gasteiger partial charge in [0.05, 0.1) is 30.0 Å². The predicted molar refractivity (Wildman–Crippen MR) is 215 cm³/mol. The van der Waals surface area contributed by atoms with Gasteiger partial charge in [0, 0.05) is 37.7 Å². The van der Waals surface area contributed by atoms with Crippen molar-refractivity contribution in [3.8, 4) is 0 Å². The molecule has 316 valence electrons. The first-order chi connectivity index (χ1) is 28.5. The van der Waals surface area contributed by atoms with Gasteiger partial charge in [-0.3, -0.25) is 24.0 Å². The molecule has 2 N–H and O–H groups in total. The Bertz CT molecular complexity index is 2190. The molecule has 0 aromatic heterocycles. The quantitative estimate of drug-likeness (QED) is 0.146. The molecule has 13 heteroatoms. The van der Waals surface area contributed by atoms with Crippen LogP contribution in [0.5, 0.6) is 0 Å². The second-order valence-electron chi connectivity index (χ2n) is 16.9. The molecule has 1 amide bonds. The van der Waals surface area contributed by atoms with Crippen LogP contribution in [-0.2, 0) is 42.9 Å². The summed E-state index contributed by atoms with van der Waals surface area (Å²) in [6.45, 7) is 9.04. The van der Waals surface area contributed by atoms with E-state index in [1.54, 1.807) is 106 Å². The van der Waals surface area contributed by atoms with E-state index in [1.165, 1.54) is 13.8 Å². The van der Waals surface area contributed by atoms with E-state index in [2.05, 4.69) is 5.32 Å². The summed E-state index contributed by atoms with van der Waals surface area (Å²) in [4.78, 5) is 83.3. The van der Waals surface area contributed by atoms with Crippen LogP contribution in [0.4, 0.5) is 0 Å². The number of carbonyl (C=O) groups excluding carboxylic acids is 6. The van der Waals surface area contributed by atoms with E-state index in [0.717, 1.165) is 0 Å². The van der Waals surface area contributed by atoms with Gasteiger partial charge in [0.25, 0.3) is 5.91 Å². The molecule has 1 heterocycles. The Hall–Kier alpha value is -5.66. The molecule has 2 saturated carbocycles. The lowest BCUT2D eigenvalue weighted by Gasteiger charge is -2.66. The minimum Gasteiger partial charge on any atom is -0.457 e. The Kier molecular flexibility index (Phi) is 11.6. The molecule has 0 spiro atoms. The summed E-state index contributed by atoms with van der Waals surface area (Å²) < 4.78 is 30.7. The van der Waals surface area contributed by atoms with Crippen molar-refractivity contribution < 1.29 is 57.6 Å². The van der Waals surface area contributed by atoms with Crippen LogP contribution in [0.3, 0.4) is 0 Å². The number of benzene rings is 3. The van der Waals surface area contributed by atoms with Crippen LogP contribution in [0.2, 0.25) is 0 Å². The third-order valence-electron chi connectivity index (χ3n) is 13.2. The van der Waals surface area contributed by atoms with Gasteiger partial charge in [-0.15, -0.1) is 0 Å². The van der Waals surface area contributed by atoms with Crippen LogP contribution in [0.25, 0.3) is 0 Å². The molecule has 4 aliphatic rings. The van der Waals surface area contributed by atoms with Crippen molar-refractivity contribution in [2.75, 3.05) is 6.61 Å². The van der Waals surface area contributed by atoms with Gasteiger partial charge >= 0.3 is 23.9 Å². The molecule has 3 aromatic carbocycles. The van der Waals surface area contributed by atoms with Gasteiger partial charge in [-0.05, 0) is 67.2 Å². The van der Waals surface area contributed by atoms with Crippen LogP contribution < -0.4 is 5.32 Å². The lowest BCUT2D eigenvalue weighted by atomic mass is 9.46. The number of rotatable bonds is 10. The number of hydrogen-bond acceptors (Lipinski definition) is 12. The molecule has 3 aliphatic carbocycles. The smallest absolute Gasteiger partial charge is 0.338 e. The lowest BCUT2D eigenvalue weighted by molar-refractivity contribution is -0.335. The summed E-state index contributed by atoms with van der Waals surface area (Å²) in [5, 5.41) is 16.3. The van der Waals surface area contributed by atoms with Gasteiger partial charge in [0.2, 0.25) is 0 Å². The normalized spacial score (nSPS) is 31.6. The molecule has 13 nitrogen and oxygen atoms in total. The first kappa shape index (κ1) is 42.5. The van der Waals surface area contributed by atoms with Gasteiger partial charge in [0.1, 0.15) is 23.9 Å². The lowest BCUT2D eigenvalue weighted by Crippen LogP contribution is -2.79. The van der Waals surface area contributed by atoms with Crippen LogP contribution in [-0.4, -0.2) is 82.9 Å². The fourth-order valence-electron chi connectivity index (χ4n) is 9.90. The molecule has 1 aliphatic heterocycles. The zero-order valence-corrected chi connectivity index (χ0v) is 34.5. The number of esters is 4. The van der Waals surface area contributed by atoms with Crippen molar-refractivity contribution in [1.82, 2.24) is 5.32 Å². The fraction of sp³-hybridized carbons (Fsp3) is 0.447. The highest BCUT2D eigenvalue weighted by atomic mass is 16.6. The molecule has 11 atom stereocenters. The number of nitrogens with one attached hydrogen (secondary N) is 1. The van der Waals surface area contributed by atoms with E-state index in [9.17, 15) is 29.1 Å². The zero-order chi connectivity index (χ0) is 43.1. The number of aliphatic hydroxyl groups is 1. The number of fused-ring (bicyclic) bond motifs is 5. The molecule has 1 saturated heterocycles. The average Bonchev–Trinajstić information content (AvgIpc) is 3.23. The third kappa shape index (κ3) is 7.53. The molecule has 1 unspecified atom stereocenters. The van der Waals surface area contributed by atoms with Crippen molar-refractivity contribution in [3.05, 3.63) is 119 Å². The van der Waals surface area contributed by atoms with E-state index < -0.39 is 100 Å². The van der Waals surface area contributed by atoms with Gasteiger partial charge in [-0.25, -0.2) is 4.79 Å². The van der Waals surface area contributed by atoms with Crippen LogP contribution in [0.1, 0.15) is 93.1 Å². The Morgan fingerprint density at radius 2 is 1.45 bits per heavy atom. The fourth-order valence-corrected chi connectivity index (χ4v) is 9.90.